The first kappa shape index (κ1) is 14.9. The van der Waals surface area contributed by atoms with Gasteiger partial charge in [-0.1, -0.05) is 39.3 Å². The van der Waals surface area contributed by atoms with E-state index in [1.165, 1.54) is 30.4 Å². The van der Waals surface area contributed by atoms with Gasteiger partial charge in [-0.05, 0) is 54.3 Å². The number of benzene rings is 1. The van der Waals surface area contributed by atoms with Crippen molar-refractivity contribution in [3.8, 4) is 5.75 Å². The molecule has 2 heteroatoms. The molecule has 116 valence electrons. The van der Waals surface area contributed by atoms with Crippen LogP contribution >= 0.6 is 0 Å². The van der Waals surface area contributed by atoms with Crippen LogP contribution in [0.3, 0.4) is 0 Å². The minimum Gasteiger partial charge on any atom is -0.493 e. The van der Waals surface area contributed by atoms with Crippen molar-refractivity contribution in [2.75, 3.05) is 13.7 Å². The molecule has 3 atom stereocenters. The monoisotopic (exact) mass is 287 g/mol. The molecule has 3 unspecified atom stereocenters. The molecule has 2 nitrogen and oxygen atoms in total. The van der Waals surface area contributed by atoms with Crippen molar-refractivity contribution in [1.82, 2.24) is 5.32 Å². The van der Waals surface area contributed by atoms with E-state index in [1.54, 1.807) is 0 Å². The summed E-state index contributed by atoms with van der Waals surface area (Å²) in [6.07, 6.45) is 5.06. The first-order chi connectivity index (χ1) is 10.0. The summed E-state index contributed by atoms with van der Waals surface area (Å²) in [5.74, 6) is 2.65. The third-order valence-electron chi connectivity index (χ3n) is 5.84. The molecule has 1 aliphatic heterocycles. The Kier molecular flexibility index (Phi) is 4.00. The molecule has 1 fully saturated rings. The summed E-state index contributed by atoms with van der Waals surface area (Å²) in [7, 11) is 2.13. The van der Waals surface area contributed by atoms with E-state index in [-0.39, 0.29) is 5.41 Å². The van der Waals surface area contributed by atoms with Gasteiger partial charge in [0.15, 0.2) is 0 Å². The quantitative estimate of drug-likeness (QED) is 0.909. The molecule has 0 bridgehead atoms. The highest BCUT2D eigenvalue weighted by atomic mass is 16.5. The Labute approximate surface area is 129 Å². The van der Waals surface area contributed by atoms with Crippen LogP contribution in [0.2, 0.25) is 0 Å². The third kappa shape index (κ3) is 2.70. The number of fused-ring (bicyclic) bond motifs is 1. The van der Waals surface area contributed by atoms with Crippen LogP contribution in [0.5, 0.6) is 5.75 Å². The molecule has 0 radical (unpaired) electrons. The highest BCUT2D eigenvalue weighted by Crippen LogP contribution is 2.43. The summed E-state index contributed by atoms with van der Waals surface area (Å²) in [5.41, 5.74) is 3.09. The maximum absolute atomic E-state index is 5.66. The van der Waals surface area contributed by atoms with Crippen molar-refractivity contribution in [3.63, 3.8) is 0 Å². The Morgan fingerprint density at radius 3 is 2.81 bits per heavy atom. The van der Waals surface area contributed by atoms with Gasteiger partial charge in [-0.3, -0.25) is 0 Å². The Bertz CT molecular complexity index is 508. The van der Waals surface area contributed by atoms with Gasteiger partial charge >= 0.3 is 0 Å². The maximum Gasteiger partial charge on any atom is 0.122 e. The van der Waals surface area contributed by atoms with Crippen LogP contribution in [0.1, 0.15) is 51.2 Å². The van der Waals surface area contributed by atoms with Crippen LogP contribution in [-0.2, 0) is 11.8 Å². The Hall–Kier alpha value is -1.02. The fraction of sp³-hybridized carbons (Fsp3) is 0.684. The average molecular weight is 287 g/mol. The van der Waals surface area contributed by atoms with Crippen LogP contribution in [0, 0.1) is 11.8 Å². The fourth-order valence-electron chi connectivity index (χ4n) is 4.37. The lowest BCUT2D eigenvalue weighted by Crippen LogP contribution is -2.47. The van der Waals surface area contributed by atoms with E-state index < -0.39 is 0 Å². The van der Waals surface area contributed by atoms with Crippen molar-refractivity contribution in [2.24, 2.45) is 11.8 Å². The number of rotatable bonds is 3. The third-order valence-corrected chi connectivity index (χ3v) is 5.84. The molecule has 0 saturated heterocycles. The van der Waals surface area contributed by atoms with E-state index in [4.69, 9.17) is 4.74 Å². The summed E-state index contributed by atoms with van der Waals surface area (Å²) < 4.78 is 5.66. The molecule has 1 saturated carbocycles. The number of hydrogen-bond donors (Lipinski definition) is 1. The van der Waals surface area contributed by atoms with Gasteiger partial charge in [0.05, 0.1) is 6.61 Å². The predicted molar refractivity (Wildman–Crippen MR) is 88.0 cm³/mol. The lowest BCUT2D eigenvalue weighted by Gasteiger charge is -2.44. The number of hydrogen-bond acceptors (Lipinski definition) is 2. The highest BCUT2D eigenvalue weighted by Gasteiger charge is 2.39. The summed E-state index contributed by atoms with van der Waals surface area (Å²) in [6.45, 7) is 8.09. The van der Waals surface area contributed by atoms with Gasteiger partial charge in [-0.15, -0.1) is 0 Å². The summed E-state index contributed by atoms with van der Waals surface area (Å²) >= 11 is 0. The number of ether oxygens (including phenoxy) is 1. The summed E-state index contributed by atoms with van der Waals surface area (Å²) in [6, 6.07) is 7.49. The zero-order valence-electron chi connectivity index (χ0n) is 13.9. The standard InChI is InChI=1S/C19H29NO/c1-13-5-7-16(17(11-13)20-4)19(2,3)15-6-8-18-14(12-15)9-10-21-18/h6,8,12-13,16-17,20H,5,7,9-11H2,1-4H3. The predicted octanol–water partition coefficient (Wildman–Crippen LogP) is 3.92. The van der Waals surface area contributed by atoms with Gasteiger partial charge in [0.2, 0.25) is 0 Å². The SMILES string of the molecule is CNC1CC(C)CCC1C(C)(C)c1ccc2c(c1)CCO2. The van der Waals surface area contributed by atoms with Crippen molar-refractivity contribution in [2.45, 2.75) is 57.9 Å². The maximum atomic E-state index is 5.66. The van der Waals surface area contributed by atoms with Gasteiger partial charge in [-0.25, -0.2) is 0 Å². The molecule has 3 rings (SSSR count). The lowest BCUT2D eigenvalue weighted by molar-refractivity contribution is 0.151. The minimum atomic E-state index is 0.214. The second kappa shape index (κ2) is 5.64. The minimum absolute atomic E-state index is 0.214. The molecule has 0 amide bonds. The van der Waals surface area contributed by atoms with E-state index in [1.807, 2.05) is 0 Å². The van der Waals surface area contributed by atoms with Gasteiger partial charge < -0.3 is 10.1 Å². The van der Waals surface area contributed by atoms with Gasteiger partial charge in [0, 0.05) is 12.5 Å². The Morgan fingerprint density at radius 2 is 2.05 bits per heavy atom. The molecule has 1 heterocycles. The molecule has 1 aliphatic carbocycles. The van der Waals surface area contributed by atoms with E-state index in [9.17, 15) is 0 Å². The van der Waals surface area contributed by atoms with Crippen LogP contribution in [0.15, 0.2) is 18.2 Å². The van der Waals surface area contributed by atoms with Crippen LogP contribution in [0.4, 0.5) is 0 Å². The first-order valence-corrected chi connectivity index (χ1v) is 8.46. The topological polar surface area (TPSA) is 21.3 Å². The van der Waals surface area contributed by atoms with Crippen molar-refractivity contribution in [3.05, 3.63) is 29.3 Å². The van der Waals surface area contributed by atoms with Crippen molar-refractivity contribution < 1.29 is 4.74 Å². The largest absolute Gasteiger partial charge is 0.493 e. The highest BCUT2D eigenvalue weighted by molar-refractivity contribution is 5.42. The molecule has 1 aromatic rings. The van der Waals surface area contributed by atoms with E-state index in [0.29, 0.717) is 12.0 Å². The van der Waals surface area contributed by atoms with Crippen molar-refractivity contribution in [1.29, 1.82) is 0 Å². The normalized spacial score (nSPS) is 29.0. The number of nitrogens with one attached hydrogen (secondary N) is 1. The molecule has 1 aromatic carbocycles. The Morgan fingerprint density at radius 1 is 1.24 bits per heavy atom. The van der Waals surface area contributed by atoms with Crippen LogP contribution < -0.4 is 10.1 Å². The second-order valence-corrected chi connectivity index (χ2v) is 7.56. The molecule has 2 aliphatic rings. The molecule has 1 N–H and O–H groups in total. The fourth-order valence-corrected chi connectivity index (χ4v) is 4.37. The van der Waals surface area contributed by atoms with Gasteiger partial charge in [-0.2, -0.15) is 0 Å². The average Bonchev–Trinajstić information content (AvgIpc) is 2.94. The molecule has 0 aromatic heterocycles. The first-order valence-electron chi connectivity index (χ1n) is 8.46. The lowest BCUT2D eigenvalue weighted by atomic mass is 9.63. The zero-order chi connectivity index (χ0) is 15.0. The van der Waals surface area contributed by atoms with Crippen LogP contribution in [-0.4, -0.2) is 19.7 Å². The molecule has 21 heavy (non-hydrogen) atoms. The van der Waals surface area contributed by atoms with Crippen molar-refractivity contribution >= 4 is 0 Å². The smallest absolute Gasteiger partial charge is 0.122 e. The zero-order valence-corrected chi connectivity index (χ0v) is 13.9. The van der Waals surface area contributed by atoms with E-state index in [2.05, 4.69) is 51.3 Å². The van der Waals surface area contributed by atoms with Gasteiger partial charge in [0.1, 0.15) is 5.75 Å². The Balaban J connectivity index is 1.88. The molecule has 0 spiro atoms. The molecular weight excluding hydrogens is 258 g/mol. The van der Waals surface area contributed by atoms with E-state index in [0.717, 1.165) is 24.7 Å². The van der Waals surface area contributed by atoms with Gasteiger partial charge in [0.25, 0.3) is 0 Å². The summed E-state index contributed by atoms with van der Waals surface area (Å²) in [4.78, 5) is 0. The van der Waals surface area contributed by atoms with Crippen LogP contribution in [0.25, 0.3) is 0 Å². The summed E-state index contributed by atoms with van der Waals surface area (Å²) in [5, 5.41) is 3.59. The second-order valence-electron chi connectivity index (χ2n) is 7.56. The van der Waals surface area contributed by atoms with E-state index >= 15 is 0 Å². The molecular formula is C19H29NO.